The Bertz CT molecular complexity index is 1670. The number of hydrogen-bond donors (Lipinski definition) is 0. The summed E-state index contributed by atoms with van der Waals surface area (Å²) in [5, 5.41) is 3.22. The number of rotatable bonds is 5. The van der Waals surface area contributed by atoms with Gasteiger partial charge in [0.15, 0.2) is 5.75 Å². The molecule has 5 rings (SSSR count). The van der Waals surface area contributed by atoms with Crippen LogP contribution >= 0.6 is 0 Å². The normalized spacial score (nSPS) is 11.9. The molecule has 0 aliphatic rings. The van der Waals surface area contributed by atoms with Gasteiger partial charge >= 0.3 is 5.69 Å². The molecule has 12 heteroatoms. The van der Waals surface area contributed by atoms with Crippen LogP contribution in [0.15, 0.2) is 47.8 Å². The average molecular weight is 460 g/mol. The Labute approximate surface area is 204 Å². The van der Waals surface area contributed by atoms with E-state index < -0.39 is 5.30 Å². The standard InChI is InChI=1S/C23H19B3N6O3/c1-12-15(11-30(2)29-12)13-7-14-16(8-19(13)34-4)28-9-18-21(14)32(22(33)31(18)3)17-5-6-27-10-20(17)35-23(24,25)26/h5-11H,1-4H3. The topological polar surface area (TPSA) is 89.0 Å². The third-order valence-corrected chi connectivity index (χ3v) is 5.80. The summed E-state index contributed by atoms with van der Waals surface area (Å²) < 4.78 is 16.0. The Morgan fingerprint density at radius 2 is 1.83 bits per heavy atom. The molecule has 0 saturated carbocycles. The molecule has 5 aromatic rings. The van der Waals surface area contributed by atoms with Gasteiger partial charge in [-0.3, -0.25) is 23.8 Å². The minimum atomic E-state index is -1.96. The van der Waals surface area contributed by atoms with E-state index in [1.165, 1.54) is 21.5 Å². The summed E-state index contributed by atoms with van der Waals surface area (Å²) >= 11 is 0. The van der Waals surface area contributed by atoms with Crippen LogP contribution in [0.3, 0.4) is 0 Å². The molecule has 35 heavy (non-hydrogen) atoms. The number of aromatic nitrogens is 6. The Morgan fingerprint density at radius 3 is 2.49 bits per heavy atom. The molecule has 0 aliphatic heterocycles. The highest BCUT2D eigenvalue weighted by atomic mass is 16.5. The summed E-state index contributed by atoms with van der Waals surface area (Å²) in [6, 6.07) is 5.42. The van der Waals surface area contributed by atoms with Crippen LogP contribution in [0.2, 0.25) is 0 Å². The smallest absolute Gasteiger partial charge is 0.333 e. The van der Waals surface area contributed by atoms with Crippen molar-refractivity contribution in [2.45, 2.75) is 12.2 Å². The van der Waals surface area contributed by atoms with Gasteiger partial charge in [-0.05, 0) is 24.4 Å². The zero-order chi connectivity index (χ0) is 25.1. The molecule has 0 fully saturated rings. The largest absolute Gasteiger partial charge is 0.512 e. The average Bonchev–Trinajstić information content (AvgIpc) is 3.27. The second kappa shape index (κ2) is 8.07. The van der Waals surface area contributed by atoms with Gasteiger partial charge in [0.05, 0.1) is 47.4 Å². The van der Waals surface area contributed by atoms with E-state index >= 15 is 0 Å². The minimum Gasteiger partial charge on any atom is -0.512 e. The molecule has 0 aliphatic carbocycles. The summed E-state index contributed by atoms with van der Waals surface area (Å²) in [7, 11) is 22.2. The number of fused-ring (bicyclic) bond motifs is 3. The molecule has 0 N–H and O–H groups in total. The van der Waals surface area contributed by atoms with Gasteiger partial charge in [-0.1, -0.05) is 0 Å². The molecular formula is C23H19B3N6O3. The van der Waals surface area contributed by atoms with Crippen molar-refractivity contribution >= 4 is 45.5 Å². The third-order valence-electron chi connectivity index (χ3n) is 5.80. The predicted molar refractivity (Wildman–Crippen MR) is 136 cm³/mol. The fourth-order valence-electron chi connectivity index (χ4n) is 4.32. The summed E-state index contributed by atoms with van der Waals surface area (Å²) in [5.41, 5.74) is 4.48. The molecule has 0 unspecified atom stereocenters. The number of methoxy groups -OCH3 is 1. The van der Waals surface area contributed by atoms with Crippen LogP contribution in [-0.2, 0) is 14.1 Å². The third kappa shape index (κ3) is 3.79. The highest BCUT2D eigenvalue weighted by Gasteiger charge is 2.23. The van der Waals surface area contributed by atoms with Crippen LogP contribution in [0.25, 0.3) is 38.8 Å². The first-order valence-electron chi connectivity index (χ1n) is 10.7. The van der Waals surface area contributed by atoms with Gasteiger partial charge in [-0.15, -0.1) is 0 Å². The predicted octanol–water partition coefficient (Wildman–Crippen LogP) is 1.49. The van der Waals surface area contributed by atoms with Gasteiger partial charge in [0, 0.05) is 49.1 Å². The van der Waals surface area contributed by atoms with Gasteiger partial charge in [-0.2, -0.15) is 5.10 Å². The first kappa shape index (κ1) is 22.8. The number of hydrogen-bond acceptors (Lipinski definition) is 6. The van der Waals surface area contributed by atoms with Crippen molar-refractivity contribution < 1.29 is 9.47 Å². The Morgan fingerprint density at radius 1 is 1.06 bits per heavy atom. The van der Waals surface area contributed by atoms with Gasteiger partial charge in [0.1, 0.15) is 29.3 Å². The SMILES string of the molecule is [B]C([B])([B])Oc1cnccc1-n1c(=O)n(C)c2cnc3cc(OC)c(-c4cn(C)nc4C)cc3c21. The summed E-state index contributed by atoms with van der Waals surface area (Å²) in [5.74, 6) is 0.786. The van der Waals surface area contributed by atoms with E-state index in [4.69, 9.17) is 33.0 Å². The van der Waals surface area contributed by atoms with E-state index in [-0.39, 0.29) is 11.4 Å². The van der Waals surface area contributed by atoms with Gasteiger partial charge in [0.2, 0.25) is 0 Å². The molecule has 4 heterocycles. The van der Waals surface area contributed by atoms with Crippen molar-refractivity contribution in [2.75, 3.05) is 7.11 Å². The lowest BCUT2D eigenvalue weighted by Crippen LogP contribution is -2.38. The van der Waals surface area contributed by atoms with Crippen LogP contribution in [0.5, 0.6) is 11.5 Å². The first-order chi connectivity index (χ1) is 16.6. The highest BCUT2D eigenvalue weighted by Crippen LogP contribution is 2.38. The lowest BCUT2D eigenvalue weighted by atomic mass is 9.52. The number of ether oxygens (including phenoxy) is 2. The molecule has 0 amide bonds. The number of aryl methyl sites for hydroxylation is 3. The zero-order valence-corrected chi connectivity index (χ0v) is 19.7. The fraction of sp³-hybridized carbons (Fsp3) is 0.217. The molecule has 168 valence electrons. The monoisotopic (exact) mass is 460 g/mol. The second-order valence-electron chi connectivity index (χ2n) is 8.34. The molecule has 0 saturated heterocycles. The number of imidazole rings is 1. The summed E-state index contributed by atoms with van der Waals surface area (Å²) in [4.78, 5) is 22.1. The van der Waals surface area contributed by atoms with Crippen molar-refractivity contribution in [1.82, 2.24) is 28.9 Å². The Hall–Kier alpha value is -3.95. The van der Waals surface area contributed by atoms with Crippen LogP contribution in [0, 0.1) is 6.92 Å². The maximum atomic E-state index is 13.5. The molecule has 1 aromatic carbocycles. The number of benzene rings is 1. The quantitative estimate of drug-likeness (QED) is 0.370. The molecule has 0 spiro atoms. The summed E-state index contributed by atoms with van der Waals surface area (Å²) in [6.45, 7) is 1.93. The van der Waals surface area contributed by atoms with Crippen LogP contribution < -0.4 is 15.2 Å². The van der Waals surface area contributed by atoms with E-state index in [0.717, 1.165) is 22.2 Å². The van der Waals surface area contributed by atoms with Crippen molar-refractivity contribution in [3.05, 3.63) is 59.2 Å². The van der Waals surface area contributed by atoms with Crippen LogP contribution in [0.1, 0.15) is 5.69 Å². The maximum absolute atomic E-state index is 13.5. The molecule has 9 nitrogen and oxygen atoms in total. The molecule has 6 radical (unpaired) electrons. The van der Waals surface area contributed by atoms with E-state index in [1.807, 2.05) is 32.3 Å². The van der Waals surface area contributed by atoms with Crippen molar-refractivity contribution in [1.29, 1.82) is 0 Å². The van der Waals surface area contributed by atoms with Gasteiger partial charge in [0.25, 0.3) is 0 Å². The maximum Gasteiger partial charge on any atom is 0.333 e. The van der Waals surface area contributed by atoms with Gasteiger partial charge in [-0.25, -0.2) is 4.79 Å². The highest BCUT2D eigenvalue weighted by molar-refractivity contribution is 6.58. The van der Waals surface area contributed by atoms with Crippen molar-refractivity contribution in [3.63, 3.8) is 0 Å². The Kier molecular flexibility index (Phi) is 5.27. The van der Waals surface area contributed by atoms with Crippen LogP contribution in [0.4, 0.5) is 0 Å². The van der Waals surface area contributed by atoms with E-state index in [0.29, 0.717) is 28.0 Å². The molecule has 0 bridgehead atoms. The van der Waals surface area contributed by atoms with Crippen LogP contribution in [-0.4, -0.2) is 64.8 Å². The fourth-order valence-corrected chi connectivity index (χ4v) is 4.32. The van der Waals surface area contributed by atoms with E-state index in [9.17, 15) is 4.79 Å². The number of nitrogens with zero attached hydrogens (tertiary/aromatic N) is 6. The minimum absolute atomic E-state index is 0.149. The number of pyridine rings is 2. The van der Waals surface area contributed by atoms with E-state index in [2.05, 4.69) is 15.1 Å². The van der Waals surface area contributed by atoms with E-state index in [1.54, 1.807) is 31.1 Å². The van der Waals surface area contributed by atoms with Crippen molar-refractivity contribution in [2.24, 2.45) is 14.1 Å². The molecule has 4 aromatic heterocycles. The lowest BCUT2D eigenvalue weighted by molar-refractivity contribution is 0.316. The lowest BCUT2D eigenvalue weighted by Gasteiger charge is -2.24. The molecular weight excluding hydrogens is 441 g/mol. The van der Waals surface area contributed by atoms with Gasteiger partial charge < -0.3 is 9.47 Å². The summed E-state index contributed by atoms with van der Waals surface area (Å²) in [6.07, 6.45) is 6.50. The van der Waals surface area contributed by atoms with Crippen molar-refractivity contribution in [3.8, 4) is 28.3 Å². The first-order valence-corrected chi connectivity index (χ1v) is 10.7. The molecule has 0 atom stereocenters. The zero-order valence-electron chi connectivity index (χ0n) is 19.7. The Balaban J connectivity index is 1.90. The second-order valence-corrected chi connectivity index (χ2v) is 8.34.